The van der Waals surface area contributed by atoms with E-state index >= 15 is 0 Å². The van der Waals surface area contributed by atoms with Gasteiger partial charge in [-0.25, -0.2) is 4.79 Å². The zero-order valence-electron chi connectivity index (χ0n) is 9.17. The van der Waals surface area contributed by atoms with Crippen molar-refractivity contribution in [1.82, 2.24) is 10.6 Å². The number of rotatable bonds is 3. The Balaban J connectivity index is 1.72. The van der Waals surface area contributed by atoms with Gasteiger partial charge in [-0.15, -0.1) is 0 Å². The third-order valence-corrected chi connectivity index (χ3v) is 3.72. The number of carbonyl (C=O) groups is 1. The lowest BCUT2D eigenvalue weighted by Crippen LogP contribution is -2.50. The highest BCUT2D eigenvalue weighted by Gasteiger charge is 2.28. The Morgan fingerprint density at radius 1 is 1.13 bits per heavy atom. The van der Waals surface area contributed by atoms with Gasteiger partial charge in [0.15, 0.2) is 0 Å². The maximum absolute atomic E-state index is 11.6. The Bertz CT molecular complexity index is 228. The summed E-state index contributed by atoms with van der Waals surface area (Å²) in [4.78, 5) is 11.6. The molecule has 0 aromatic rings. The molecule has 0 aromatic carbocycles. The Kier molecular flexibility index (Phi) is 3.46. The molecular weight excluding hydrogens is 190 g/mol. The highest BCUT2D eigenvalue weighted by atomic mass is 16.2. The van der Waals surface area contributed by atoms with Crippen molar-refractivity contribution in [3.8, 4) is 0 Å². The number of nitrogens with one attached hydrogen (secondary N) is 2. The molecule has 2 amide bonds. The lowest BCUT2D eigenvalue weighted by atomic mass is 9.93. The number of amides is 2. The molecule has 2 fully saturated rings. The molecule has 15 heavy (non-hydrogen) atoms. The van der Waals surface area contributed by atoms with Crippen molar-refractivity contribution < 1.29 is 4.79 Å². The fraction of sp³-hybridized carbons (Fsp3) is 0.909. The zero-order chi connectivity index (χ0) is 10.7. The van der Waals surface area contributed by atoms with Gasteiger partial charge >= 0.3 is 6.03 Å². The summed E-state index contributed by atoms with van der Waals surface area (Å²) in [6.45, 7) is 0.689. The van der Waals surface area contributed by atoms with Crippen LogP contribution in [0.3, 0.4) is 0 Å². The summed E-state index contributed by atoms with van der Waals surface area (Å²) in [6.07, 6.45) is 6.96. The first kappa shape index (κ1) is 10.7. The minimum absolute atomic E-state index is 0.00468. The van der Waals surface area contributed by atoms with Crippen LogP contribution in [0.1, 0.15) is 38.5 Å². The first-order valence-electron chi connectivity index (χ1n) is 6.06. The maximum Gasteiger partial charge on any atom is 0.315 e. The lowest BCUT2D eigenvalue weighted by molar-refractivity contribution is 0.221. The summed E-state index contributed by atoms with van der Waals surface area (Å²) in [5.41, 5.74) is 5.67. The van der Waals surface area contributed by atoms with Crippen molar-refractivity contribution in [1.29, 1.82) is 0 Å². The summed E-state index contributed by atoms with van der Waals surface area (Å²) in [5.74, 6) is 0.483. The molecule has 2 unspecified atom stereocenters. The van der Waals surface area contributed by atoms with Gasteiger partial charge in [0.1, 0.15) is 0 Å². The van der Waals surface area contributed by atoms with Crippen molar-refractivity contribution in [3.63, 3.8) is 0 Å². The predicted octanol–water partition coefficient (Wildman–Crippen LogP) is 0.965. The van der Waals surface area contributed by atoms with Gasteiger partial charge in [0.25, 0.3) is 0 Å². The summed E-state index contributed by atoms with van der Waals surface area (Å²) < 4.78 is 0. The lowest BCUT2D eigenvalue weighted by Gasteiger charge is -2.28. The van der Waals surface area contributed by atoms with E-state index in [2.05, 4.69) is 10.6 Å². The molecule has 2 atom stereocenters. The van der Waals surface area contributed by atoms with Gasteiger partial charge in [-0.05, 0) is 44.6 Å². The highest BCUT2D eigenvalue weighted by molar-refractivity contribution is 5.74. The molecule has 0 aromatic heterocycles. The third kappa shape index (κ3) is 2.62. The van der Waals surface area contributed by atoms with Crippen LogP contribution in [0.2, 0.25) is 0 Å². The molecule has 4 N–H and O–H groups in total. The first-order valence-corrected chi connectivity index (χ1v) is 6.06. The minimum Gasteiger partial charge on any atom is -0.335 e. The summed E-state index contributed by atoms with van der Waals surface area (Å²) in [6, 6.07) is 0.725. The van der Waals surface area contributed by atoms with Gasteiger partial charge < -0.3 is 16.4 Å². The van der Waals surface area contributed by atoms with Gasteiger partial charge in [0.2, 0.25) is 0 Å². The van der Waals surface area contributed by atoms with E-state index in [0.29, 0.717) is 24.5 Å². The second-order valence-electron chi connectivity index (χ2n) is 4.78. The quantitative estimate of drug-likeness (QED) is 0.651. The van der Waals surface area contributed by atoms with Crippen LogP contribution in [0.25, 0.3) is 0 Å². The van der Waals surface area contributed by atoms with E-state index < -0.39 is 0 Å². The molecule has 4 nitrogen and oxygen atoms in total. The fourth-order valence-corrected chi connectivity index (χ4v) is 2.46. The Hall–Kier alpha value is -0.770. The molecule has 4 heteroatoms. The second kappa shape index (κ2) is 4.84. The monoisotopic (exact) mass is 211 g/mol. The summed E-state index contributed by atoms with van der Waals surface area (Å²) in [5, 5.41) is 6.05. The van der Waals surface area contributed by atoms with Gasteiger partial charge in [0, 0.05) is 12.1 Å². The molecule has 2 aliphatic rings. The van der Waals surface area contributed by atoms with Crippen LogP contribution >= 0.6 is 0 Å². The molecule has 2 aliphatic carbocycles. The minimum atomic E-state index is 0.00468. The standard InChI is InChI=1S/C11H21N3O/c12-7-8-3-1-6-10(8)14-11(15)13-9-4-2-5-9/h8-10H,1-7,12H2,(H2,13,14,15). The predicted molar refractivity (Wildman–Crippen MR) is 59.5 cm³/mol. The molecule has 0 bridgehead atoms. The van der Waals surface area contributed by atoms with Crippen molar-refractivity contribution in [3.05, 3.63) is 0 Å². The Morgan fingerprint density at radius 2 is 1.87 bits per heavy atom. The number of carbonyl (C=O) groups excluding carboxylic acids is 1. The van der Waals surface area contributed by atoms with E-state index in [0.717, 1.165) is 25.7 Å². The van der Waals surface area contributed by atoms with Gasteiger partial charge in [-0.2, -0.15) is 0 Å². The first-order chi connectivity index (χ1) is 7.29. The van der Waals surface area contributed by atoms with Crippen LogP contribution in [-0.4, -0.2) is 24.7 Å². The average molecular weight is 211 g/mol. The third-order valence-electron chi connectivity index (χ3n) is 3.72. The van der Waals surface area contributed by atoms with Crippen LogP contribution in [0.5, 0.6) is 0 Å². The molecule has 0 saturated heterocycles. The van der Waals surface area contributed by atoms with E-state index in [4.69, 9.17) is 5.73 Å². The van der Waals surface area contributed by atoms with Crippen molar-refractivity contribution in [2.45, 2.75) is 50.6 Å². The molecule has 2 saturated carbocycles. The Morgan fingerprint density at radius 3 is 2.47 bits per heavy atom. The van der Waals surface area contributed by atoms with E-state index in [9.17, 15) is 4.79 Å². The smallest absolute Gasteiger partial charge is 0.315 e. The van der Waals surface area contributed by atoms with Crippen molar-refractivity contribution in [2.75, 3.05) is 6.54 Å². The van der Waals surface area contributed by atoms with Gasteiger partial charge in [-0.1, -0.05) is 6.42 Å². The van der Waals surface area contributed by atoms with Crippen LogP contribution < -0.4 is 16.4 Å². The van der Waals surface area contributed by atoms with E-state index in [1.54, 1.807) is 0 Å². The molecular formula is C11H21N3O. The van der Waals surface area contributed by atoms with E-state index in [1.807, 2.05) is 0 Å². The fourth-order valence-electron chi connectivity index (χ4n) is 2.46. The SMILES string of the molecule is NCC1CCCC1NC(=O)NC1CCC1. The van der Waals surface area contributed by atoms with Crippen LogP contribution in [0.4, 0.5) is 4.79 Å². The molecule has 0 heterocycles. The van der Waals surface area contributed by atoms with Crippen molar-refractivity contribution in [2.24, 2.45) is 11.7 Å². The number of urea groups is 1. The molecule has 0 spiro atoms. The summed E-state index contributed by atoms with van der Waals surface area (Å²) >= 11 is 0. The van der Waals surface area contributed by atoms with Crippen LogP contribution in [-0.2, 0) is 0 Å². The number of nitrogens with two attached hydrogens (primary N) is 1. The largest absolute Gasteiger partial charge is 0.335 e. The Labute approximate surface area is 91.0 Å². The van der Waals surface area contributed by atoms with Crippen LogP contribution in [0, 0.1) is 5.92 Å². The molecule has 0 radical (unpaired) electrons. The highest BCUT2D eigenvalue weighted by Crippen LogP contribution is 2.24. The van der Waals surface area contributed by atoms with E-state index in [-0.39, 0.29) is 6.03 Å². The average Bonchev–Trinajstić information content (AvgIpc) is 2.59. The normalized spacial score (nSPS) is 31.0. The molecule has 0 aliphatic heterocycles. The van der Waals surface area contributed by atoms with Crippen LogP contribution in [0.15, 0.2) is 0 Å². The maximum atomic E-state index is 11.6. The topological polar surface area (TPSA) is 67.1 Å². The van der Waals surface area contributed by atoms with Gasteiger partial charge in [0.05, 0.1) is 0 Å². The summed E-state index contributed by atoms with van der Waals surface area (Å²) in [7, 11) is 0. The number of hydrogen-bond donors (Lipinski definition) is 3. The second-order valence-corrected chi connectivity index (χ2v) is 4.78. The van der Waals surface area contributed by atoms with Crippen molar-refractivity contribution >= 4 is 6.03 Å². The molecule has 86 valence electrons. The zero-order valence-corrected chi connectivity index (χ0v) is 9.17. The van der Waals surface area contributed by atoms with Gasteiger partial charge in [-0.3, -0.25) is 0 Å². The number of hydrogen-bond acceptors (Lipinski definition) is 2. The molecule has 2 rings (SSSR count). The van der Waals surface area contributed by atoms with E-state index in [1.165, 1.54) is 12.8 Å².